The molecule has 0 spiro atoms. The van der Waals surface area contributed by atoms with Crippen LogP contribution in [-0.2, 0) is 9.47 Å². The Bertz CT molecular complexity index is 962. The molecule has 39 heavy (non-hydrogen) atoms. The van der Waals surface area contributed by atoms with Crippen molar-refractivity contribution < 1.29 is 27.8 Å². The molecule has 0 aliphatic rings. The molecule has 220 valence electrons. The van der Waals surface area contributed by atoms with E-state index in [1.54, 1.807) is 30.3 Å². The lowest BCUT2D eigenvalue weighted by molar-refractivity contribution is 0.0516. The second-order valence-corrected chi connectivity index (χ2v) is 10.6. The summed E-state index contributed by atoms with van der Waals surface area (Å²) in [6.07, 6.45) is 0.639. The number of anilines is 2. The van der Waals surface area contributed by atoms with Crippen LogP contribution in [0, 0.1) is 11.6 Å². The SMILES string of the molecule is CC(C)(C)OC(=O)NCCCCl.CC(C)(C)OC(=O)NCCCNc1ccccc1F.Nc1ccccc1F. The van der Waals surface area contributed by atoms with E-state index < -0.39 is 17.3 Å². The average Bonchev–Trinajstić information content (AvgIpc) is 2.81. The summed E-state index contributed by atoms with van der Waals surface area (Å²) in [5.74, 6) is -0.0781. The highest BCUT2D eigenvalue weighted by Crippen LogP contribution is 2.12. The van der Waals surface area contributed by atoms with Gasteiger partial charge < -0.3 is 31.2 Å². The summed E-state index contributed by atoms with van der Waals surface area (Å²) in [5, 5.41) is 8.21. The minimum Gasteiger partial charge on any atom is -0.444 e. The molecule has 0 atom stereocenters. The molecular weight excluding hydrogens is 530 g/mol. The number of rotatable bonds is 8. The Kier molecular flexibility index (Phi) is 17.3. The van der Waals surface area contributed by atoms with Crippen LogP contribution in [0.25, 0.3) is 0 Å². The molecule has 2 aromatic rings. The zero-order valence-corrected chi connectivity index (χ0v) is 24.5. The summed E-state index contributed by atoms with van der Waals surface area (Å²) >= 11 is 5.43. The number of hydrogen-bond donors (Lipinski definition) is 4. The first kappa shape index (κ1) is 35.7. The highest BCUT2D eigenvalue weighted by atomic mass is 35.5. The largest absolute Gasteiger partial charge is 0.444 e. The van der Waals surface area contributed by atoms with Gasteiger partial charge in [-0.2, -0.15) is 0 Å². The summed E-state index contributed by atoms with van der Waals surface area (Å²) in [6, 6.07) is 12.6. The van der Waals surface area contributed by atoms with Crippen molar-refractivity contribution in [1.29, 1.82) is 0 Å². The lowest BCUT2D eigenvalue weighted by Gasteiger charge is -2.19. The molecule has 0 fully saturated rings. The number of nitrogens with two attached hydrogens (primary N) is 1. The molecule has 2 rings (SSSR count). The van der Waals surface area contributed by atoms with Crippen LogP contribution in [-0.4, -0.2) is 48.9 Å². The highest BCUT2D eigenvalue weighted by molar-refractivity contribution is 6.17. The third kappa shape index (κ3) is 21.4. The number of nitrogens with one attached hydrogen (secondary N) is 3. The van der Waals surface area contributed by atoms with Gasteiger partial charge in [0, 0.05) is 25.5 Å². The predicted molar refractivity (Wildman–Crippen MR) is 154 cm³/mol. The van der Waals surface area contributed by atoms with Gasteiger partial charge in [0.1, 0.15) is 22.8 Å². The zero-order chi connectivity index (χ0) is 29.9. The van der Waals surface area contributed by atoms with E-state index in [4.69, 9.17) is 26.8 Å². The van der Waals surface area contributed by atoms with Crippen LogP contribution in [0.2, 0.25) is 0 Å². The Balaban J connectivity index is 0.000000614. The molecule has 5 N–H and O–H groups in total. The van der Waals surface area contributed by atoms with Crippen LogP contribution in [0.3, 0.4) is 0 Å². The van der Waals surface area contributed by atoms with Crippen molar-refractivity contribution in [3.05, 3.63) is 60.2 Å². The molecule has 0 saturated heterocycles. The summed E-state index contributed by atoms with van der Waals surface area (Å²) in [6.45, 7) is 12.5. The fourth-order valence-electron chi connectivity index (χ4n) is 2.47. The van der Waals surface area contributed by atoms with Crippen LogP contribution in [0.5, 0.6) is 0 Å². The van der Waals surface area contributed by atoms with E-state index in [9.17, 15) is 18.4 Å². The van der Waals surface area contributed by atoms with Crippen LogP contribution >= 0.6 is 11.6 Å². The second-order valence-electron chi connectivity index (χ2n) is 10.2. The normalized spacial score (nSPS) is 10.6. The summed E-state index contributed by atoms with van der Waals surface area (Å²) in [7, 11) is 0. The molecule has 0 aromatic heterocycles. The highest BCUT2D eigenvalue weighted by Gasteiger charge is 2.16. The van der Waals surface area contributed by atoms with Gasteiger partial charge in [0.15, 0.2) is 0 Å². The Morgan fingerprint density at radius 3 is 1.64 bits per heavy atom. The smallest absolute Gasteiger partial charge is 0.407 e. The van der Waals surface area contributed by atoms with Crippen LogP contribution < -0.4 is 21.7 Å². The van der Waals surface area contributed by atoms with Gasteiger partial charge in [-0.3, -0.25) is 0 Å². The number of benzene rings is 2. The monoisotopic (exact) mass is 572 g/mol. The lowest BCUT2D eigenvalue weighted by atomic mass is 10.2. The van der Waals surface area contributed by atoms with Gasteiger partial charge in [-0.25, -0.2) is 18.4 Å². The van der Waals surface area contributed by atoms with E-state index in [0.717, 1.165) is 6.42 Å². The summed E-state index contributed by atoms with van der Waals surface area (Å²) in [5.41, 5.74) is 4.90. The van der Waals surface area contributed by atoms with E-state index in [1.807, 2.05) is 41.5 Å². The fourth-order valence-corrected chi connectivity index (χ4v) is 2.60. The number of carbonyl (C=O) groups is 2. The standard InChI is InChI=1S/C14H21FN2O2.C8H16ClNO2.C6H6FN/c1-14(2,3)19-13(18)17-10-6-9-16-12-8-5-4-7-11(12)15;1-8(2,3)12-7(11)10-6-4-5-9;7-5-3-1-2-4-6(5)8/h4-5,7-8,16H,6,9-10H2,1-3H3,(H,17,18);4-6H2,1-3H3,(H,10,11);1-4H,8H2. The Morgan fingerprint density at radius 1 is 0.769 bits per heavy atom. The molecule has 11 heteroatoms. The number of para-hydroxylation sites is 2. The first-order valence-corrected chi connectivity index (χ1v) is 13.2. The molecule has 0 radical (unpaired) electrons. The molecule has 0 saturated carbocycles. The van der Waals surface area contributed by atoms with Crippen LogP contribution in [0.1, 0.15) is 54.4 Å². The van der Waals surface area contributed by atoms with Gasteiger partial charge in [-0.05, 0) is 78.6 Å². The van der Waals surface area contributed by atoms with Crippen molar-refractivity contribution in [2.75, 3.05) is 36.6 Å². The Morgan fingerprint density at radius 2 is 1.23 bits per heavy atom. The van der Waals surface area contributed by atoms with E-state index in [2.05, 4.69) is 16.0 Å². The Labute approximate surface area is 236 Å². The average molecular weight is 573 g/mol. The van der Waals surface area contributed by atoms with Crippen LogP contribution in [0.4, 0.5) is 29.7 Å². The maximum Gasteiger partial charge on any atom is 0.407 e. The molecule has 2 aromatic carbocycles. The van der Waals surface area contributed by atoms with E-state index >= 15 is 0 Å². The minimum absolute atomic E-state index is 0.201. The zero-order valence-electron chi connectivity index (χ0n) is 23.7. The topological polar surface area (TPSA) is 115 Å². The van der Waals surface area contributed by atoms with E-state index in [1.165, 1.54) is 18.2 Å². The van der Waals surface area contributed by atoms with Gasteiger partial charge >= 0.3 is 12.2 Å². The quantitative estimate of drug-likeness (QED) is 0.159. The van der Waals surface area contributed by atoms with Gasteiger partial charge in [-0.1, -0.05) is 24.3 Å². The third-order valence-corrected chi connectivity index (χ3v) is 4.36. The first-order valence-electron chi connectivity index (χ1n) is 12.6. The maximum absolute atomic E-state index is 13.3. The van der Waals surface area contributed by atoms with Gasteiger partial charge in [0.2, 0.25) is 0 Å². The van der Waals surface area contributed by atoms with Crippen molar-refractivity contribution in [2.45, 2.75) is 65.6 Å². The third-order valence-electron chi connectivity index (χ3n) is 4.09. The predicted octanol–water partition coefficient (Wildman–Crippen LogP) is 6.70. The molecule has 0 bridgehead atoms. The van der Waals surface area contributed by atoms with Crippen molar-refractivity contribution in [3.8, 4) is 0 Å². The molecule has 2 amide bonds. The number of hydrogen-bond acceptors (Lipinski definition) is 6. The fraction of sp³-hybridized carbons (Fsp3) is 0.500. The van der Waals surface area contributed by atoms with Crippen LogP contribution in [0.15, 0.2) is 48.5 Å². The number of nitrogen functional groups attached to an aromatic ring is 1. The maximum atomic E-state index is 13.3. The minimum atomic E-state index is -0.491. The van der Waals surface area contributed by atoms with Gasteiger partial charge in [-0.15, -0.1) is 11.6 Å². The van der Waals surface area contributed by atoms with Gasteiger partial charge in [0.25, 0.3) is 0 Å². The number of amides is 2. The first-order chi connectivity index (χ1) is 18.1. The van der Waals surface area contributed by atoms with E-state index in [-0.39, 0.29) is 23.4 Å². The molecule has 0 heterocycles. The number of alkyl halides is 1. The second kappa shape index (κ2) is 18.9. The molecule has 0 aliphatic heterocycles. The van der Waals surface area contributed by atoms with Crippen molar-refractivity contribution >= 4 is 35.2 Å². The number of alkyl carbamates (subject to hydrolysis) is 2. The number of ether oxygens (including phenoxy) is 2. The van der Waals surface area contributed by atoms with Gasteiger partial charge in [0.05, 0.1) is 11.4 Å². The molecular formula is C28H43ClF2N4O4. The number of halogens is 3. The van der Waals surface area contributed by atoms with Crippen molar-refractivity contribution in [1.82, 2.24) is 10.6 Å². The molecule has 0 unspecified atom stereocenters. The lowest BCUT2D eigenvalue weighted by Crippen LogP contribution is -2.33. The molecule has 8 nitrogen and oxygen atoms in total. The molecule has 0 aliphatic carbocycles. The Hall–Kier alpha value is -3.27. The van der Waals surface area contributed by atoms with Crippen molar-refractivity contribution in [2.24, 2.45) is 0 Å². The summed E-state index contributed by atoms with van der Waals surface area (Å²) in [4.78, 5) is 22.3. The number of carbonyl (C=O) groups excluding carboxylic acids is 2. The van der Waals surface area contributed by atoms with Crippen molar-refractivity contribution in [3.63, 3.8) is 0 Å². The summed E-state index contributed by atoms with van der Waals surface area (Å²) < 4.78 is 35.5. The van der Waals surface area contributed by atoms with E-state index in [0.29, 0.717) is 37.6 Å².